The lowest BCUT2D eigenvalue weighted by molar-refractivity contribution is 0.0825. The van der Waals surface area contributed by atoms with Crippen molar-refractivity contribution in [2.24, 2.45) is 11.8 Å². The van der Waals surface area contributed by atoms with Gasteiger partial charge in [-0.1, -0.05) is 46.3 Å². The second-order valence-corrected chi connectivity index (χ2v) is 5.13. The van der Waals surface area contributed by atoms with Gasteiger partial charge < -0.3 is 9.84 Å². The first-order valence-corrected chi connectivity index (χ1v) is 6.34. The first kappa shape index (κ1) is 11.9. The third-order valence-corrected chi connectivity index (χ3v) is 4.28. The Balaban J connectivity index is 2.36. The number of ether oxygens (including phenoxy) is 1. The summed E-state index contributed by atoms with van der Waals surface area (Å²) in [6, 6.07) is 0. The predicted octanol–water partition coefficient (Wildman–Crippen LogP) is 3.03. The van der Waals surface area contributed by atoms with Crippen molar-refractivity contribution in [2.45, 2.75) is 51.9 Å². The molecule has 2 aliphatic rings. The molecule has 0 aromatic heterocycles. The standard InChI is InChI=1S/C14H22O2/c1-5-10(3)12-8-7-9-13(15)14(12,16-13)11(4)6-2/h7-11,15H,5-6H2,1-4H3. The minimum Gasteiger partial charge on any atom is -0.360 e. The molecule has 1 aliphatic carbocycles. The zero-order chi connectivity index (χ0) is 12.0. The first-order chi connectivity index (χ1) is 7.52. The van der Waals surface area contributed by atoms with Crippen molar-refractivity contribution < 1.29 is 9.84 Å². The van der Waals surface area contributed by atoms with Crippen LogP contribution in [0.3, 0.4) is 0 Å². The number of fused-ring (bicyclic) bond motifs is 1. The number of hydrogen-bond donors (Lipinski definition) is 1. The van der Waals surface area contributed by atoms with Crippen LogP contribution in [-0.4, -0.2) is 16.5 Å². The van der Waals surface area contributed by atoms with E-state index >= 15 is 0 Å². The summed E-state index contributed by atoms with van der Waals surface area (Å²) in [4.78, 5) is 0. The second-order valence-electron chi connectivity index (χ2n) is 5.13. The van der Waals surface area contributed by atoms with Crippen LogP contribution in [-0.2, 0) is 4.74 Å². The Labute approximate surface area is 98.0 Å². The molecule has 0 radical (unpaired) electrons. The van der Waals surface area contributed by atoms with Crippen LogP contribution < -0.4 is 0 Å². The molecular weight excluding hydrogens is 200 g/mol. The molecule has 4 unspecified atom stereocenters. The lowest BCUT2D eigenvalue weighted by Crippen LogP contribution is -2.36. The van der Waals surface area contributed by atoms with Gasteiger partial charge in [0.05, 0.1) is 0 Å². The molecule has 1 fully saturated rings. The van der Waals surface area contributed by atoms with Crippen LogP contribution in [0.2, 0.25) is 0 Å². The summed E-state index contributed by atoms with van der Waals surface area (Å²) in [5, 5.41) is 10.4. The third kappa shape index (κ3) is 1.33. The van der Waals surface area contributed by atoms with E-state index in [0.717, 1.165) is 12.8 Å². The summed E-state index contributed by atoms with van der Waals surface area (Å²) in [7, 11) is 0. The second kappa shape index (κ2) is 3.71. The van der Waals surface area contributed by atoms with Gasteiger partial charge in [-0.15, -0.1) is 0 Å². The molecule has 1 aliphatic heterocycles. The maximum Gasteiger partial charge on any atom is 0.221 e. The van der Waals surface area contributed by atoms with E-state index in [1.165, 1.54) is 5.57 Å². The molecular formula is C14H22O2. The fourth-order valence-electron chi connectivity index (χ4n) is 2.83. The van der Waals surface area contributed by atoms with E-state index in [9.17, 15) is 5.11 Å². The van der Waals surface area contributed by atoms with Crippen molar-refractivity contribution >= 4 is 0 Å². The molecule has 2 nitrogen and oxygen atoms in total. The summed E-state index contributed by atoms with van der Waals surface area (Å²) in [6.07, 6.45) is 7.93. The van der Waals surface area contributed by atoms with Crippen LogP contribution in [0.4, 0.5) is 0 Å². The van der Waals surface area contributed by atoms with E-state index < -0.39 is 11.4 Å². The molecule has 0 spiro atoms. The van der Waals surface area contributed by atoms with Gasteiger partial charge in [0, 0.05) is 0 Å². The molecule has 2 rings (SSSR count). The number of allylic oxidation sites excluding steroid dienone is 2. The van der Waals surface area contributed by atoms with E-state index in [4.69, 9.17) is 4.74 Å². The van der Waals surface area contributed by atoms with Gasteiger partial charge >= 0.3 is 0 Å². The molecule has 0 aromatic carbocycles. The van der Waals surface area contributed by atoms with Gasteiger partial charge in [-0.25, -0.2) is 0 Å². The Morgan fingerprint density at radius 3 is 2.56 bits per heavy atom. The van der Waals surface area contributed by atoms with Crippen molar-refractivity contribution in [1.82, 2.24) is 0 Å². The predicted molar refractivity (Wildman–Crippen MR) is 64.9 cm³/mol. The zero-order valence-corrected chi connectivity index (χ0v) is 10.7. The molecule has 2 heteroatoms. The zero-order valence-electron chi connectivity index (χ0n) is 10.7. The van der Waals surface area contributed by atoms with Gasteiger partial charge in [-0.05, 0) is 29.9 Å². The van der Waals surface area contributed by atoms with Gasteiger partial charge in [-0.3, -0.25) is 0 Å². The molecule has 1 saturated heterocycles. The van der Waals surface area contributed by atoms with E-state index in [2.05, 4.69) is 33.8 Å². The first-order valence-electron chi connectivity index (χ1n) is 6.34. The molecule has 1 heterocycles. The monoisotopic (exact) mass is 222 g/mol. The summed E-state index contributed by atoms with van der Waals surface area (Å²) in [6.45, 7) is 8.69. The van der Waals surface area contributed by atoms with Gasteiger partial charge in [0.2, 0.25) is 5.79 Å². The fraction of sp³-hybridized carbons (Fsp3) is 0.714. The van der Waals surface area contributed by atoms with Crippen molar-refractivity contribution in [3.05, 3.63) is 23.8 Å². The van der Waals surface area contributed by atoms with Crippen LogP contribution in [0.1, 0.15) is 40.5 Å². The Kier molecular flexibility index (Phi) is 2.75. The van der Waals surface area contributed by atoms with Crippen molar-refractivity contribution in [3.8, 4) is 0 Å². The van der Waals surface area contributed by atoms with Gasteiger partial charge in [0.15, 0.2) is 5.60 Å². The van der Waals surface area contributed by atoms with E-state index in [-0.39, 0.29) is 0 Å². The van der Waals surface area contributed by atoms with Crippen molar-refractivity contribution in [2.75, 3.05) is 0 Å². The lowest BCUT2D eigenvalue weighted by Gasteiger charge is -2.29. The number of aliphatic hydroxyl groups is 1. The van der Waals surface area contributed by atoms with Crippen molar-refractivity contribution in [3.63, 3.8) is 0 Å². The number of hydrogen-bond acceptors (Lipinski definition) is 2. The number of epoxide rings is 1. The highest BCUT2D eigenvalue weighted by Crippen LogP contribution is 2.60. The topological polar surface area (TPSA) is 32.8 Å². The lowest BCUT2D eigenvalue weighted by atomic mass is 9.73. The highest BCUT2D eigenvalue weighted by molar-refractivity contribution is 5.44. The molecule has 0 saturated carbocycles. The molecule has 90 valence electrons. The average Bonchev–Trinajstić information content (AvgIpc) is 2.94. The maximum absolute atomic E-state index is 10.4. The van der Waals surface area contributed by atoms with Crippen LogP contribution in [0, 0.1) is 11.8 Å². The Morgan fingerprint density at radius 1 is 1.31 bits per heavy atom. The molecule has 0 bridgehead atoms. The highest BCUT2D eigenvalue weighted by Gasteiger charge is 2.73. The Morgan fingerprint density at radius 2 is 2.00 bits per heavy atom. The van der Waals surface area contributed by atoms with E-state index in [1.807, 2.05) is 6.08 Å². The quantitative estimate of drug-likeness (QED) is 0.742. The average molecular weight is 222 g/mol. The van der Waals surface area contributed by atoms with Crippen LogP contribution in [0.15, 0.2) is 23.8 Å². The fourth-order valence-corrected chi connectivity index (χ4v) is 2.83. The summed E-state index contributed by atoms with van der Waals surface area (Å²) in [5.41, 5.74) is 0.820. The normalized spacial score (nSPS) is 39.9. The minimum absolute atomic E-state index is 0.350. The summed E-state index contributed by atoms with van der Waals surface area (Å²) < 4.78 is 5.74. The smallest absolute Gasteiger partial charge is 0.221 e. The van der Waals surface area contributed by atoms with E-state index in [0.29, 0.717) is 11.8 Å². The largest absolute Gasteiger partial charge is 0.360 e. The summed E-state index contributed by atoms with van der Waals surface area (Å²) in [5.74, 6) is -0.216. The van der Waals surface area contributed by atoms with Crippen LogP contribution in [0.5, 0.6) is 0 Å². The Hall–Kier alpha value is -0.600. The minimum atomic E-state index is -1.03. The van der Waals surface area contributed by atoms with Crippen LogP contribution >= 0.6 is 0 Å². The third-order valence-electron chi connectivity index (χ3n) is 4.28. The van der Waals surface area contributed by atoms with Gasteiger partial charge in [0.25, 0.3) is 0 Å². The van der Waals surface area contributed by atoms with Crippen LogP contribution in [0.25, 0.3) is 0 Å². The highest BCUT2D eigenvalue weighted by atomic mass is 16.8. The summed E-state index contributed by atoms with van der Waals surface area (Å²) >= 11 is 0. The molecule has 4 atom stereocenters. The maximum atomic E-state index is 10.4. The van der Waals surface area contributed by atoms with Crippen molar-refractivity contribution in [1.29, 1.82) is 0 Å². The molecule has 1 N–H and O–H groups in total. The van der Waals surface area contributed by atoms with E-state index in [1.54, 1.807) is 6.08 Å². The Bertz CT molecular complexity index is 345. The molecule has 16 heavy (non-hydrogen) atoms. The van der Waals surface area contributed by atoms with Gasteiger partial charge in [0.1, 0.15) is 0 Å². The molecule has 0 amide bonds. The number of rotatable bonds is 4. The SMILES string of the molecule is CCC(C)C1=CC=CC2(O)OC12C(C)CC. The van der Waals surface area contributed by atoms with Gasteiger partial charge in [-0.2, -0.15) is 0 Å². The molecule has 0 aromatic rings.